The van der Waals surface area contributed by atoms with Gasteiger partial charge in [0.2, 0.25) is 5.91 Å². The highest BCUT2D eigenvalue weighted by atomic mass is 19.1. The molecule has 0 bridgehead atoms. The number of pyridine rings is 1. The zero-order valence-corrected chi connectivity index (χ0v) is 9.99. The molecule has 2 heterocycles. The minimum atomic E-state index is -0.862. The lowest BCUT2D eigenvalue weighted by Crippen LogP contribution is -2.48. The summed E-state index contributed by atoms with van der Waals surface area (Å²) < 4.78 is 26.7. The molecular formula is C11H14F2N4O. The van der Waals surface area contributed by atoms with Crippen LogP contribution < -0.4 is 10.6 Å². The lowest BCUT2D eigenvalue weighted by Gasteiger charge is -2.35. The molecule has 5 nitrogen and oxygen atoms in total. The average molecular weight is 256 g/mol. The van der Waals surface area contributed by atoms with Crippen molar-refractivity contribution in [1.82, 2.24) is 9.88 Å². The first-order valence-corrected chi connectivity index (χ1v) is 5.60. The van der Waals surface area contributed by atoms with Crippen LogP contribution in [0.3, 0.4) is 0 Å². The maximum atomic E-state index is 13.8. The Bertz CT molecular complexity index is 472. The molecule has 0 aliphatic carbocycles. The lowest BCUT2D eigenvalue weighted by molar-refractivity contribution is -0.129. The summed E-state index contributed by atoms with van der Waals surface area (Å²) in [5.74, 6) is -1.68. The van der Waals surface area contributed by atoms with E-state index < -0.39 is 17.3 Å². The van der Waals surface area contributed by atoms with E-state index in [0.717, 1.165) is 6.20 Å². The molecule has 1 amide bonds. The van der Waals surface area contributed by atoms with Crippen molar-refractivity contribution in [2.45, 2.75) is 6.92 Å². The van der Waals surface area contributed by atoms with Crippen LogP contribution in [0.1, 0.15) is 6.92 Å². The van der Waals surface area contributed by atoms with Crippen LogP contribution in [0.2, 0.25) is 0 Å². The highest BCUT2D eigenvalue weighted by Gasteiger charge is 2.23. The van der Waals surface area contributed by atoms with Crippen LogP contribution in [-0.4, -0.2) is 42.0 Å². The second-order valence-corrected chi connectivity index (χ2v) is 4.15. The molecule has 0 aromatic carbocycles. The number of halogens is 2. The van der Waals surface area contributed by atoms with E-state index in [2.05, 4.69) is 4.98 Å². The molecular weight excluding hydrogens is 242 g/mol. The molecule has 18 heavy (non-hydrogen) atoms. The molecule has 0 radical (unpaired) electrons. The number of nitrogens with zero attached hydrogens (tertiary/aromatic N) is 3. The molecule has 1 saturated heterocycles. The van der Waals surface area contributed by atoms with Crippen molar-refractivity contribution >= 4 is 17.4 Å². The standard InChI is InChI=1S/C11H14F2N4O/c1-7(18)16-2-4-17(5-3-16)11-9(13)10(14)8(12)6-15-11/h6H,2-5H2,1H3,(H2,14,15). The van der Waals surface area contributed by atoms with Crippen molar-refractivity contribution in [2.75, 3.05) is 36.8 Å². The van der Waals surface area contributed by atoms with E-state index in [1.165, 1.54) is 6.92 Å². The molecule has 1 aromatic rings. The monoisotopic (exact) mass is 256 g/mol. The molecule has 0 atom stereocenters. The van der Waals surface area contributed by atoms with E-state index in [1.54, 1.807) is 9.80 Å². The summed E-state index contributed by atoms with van der Waals surface area (Å²) in [6.07, 6.45) is 0.908. The zero-order valence-electron chi connectivity index (χ0n) is 9.99. The van der Waals surface area contributed by atoms with E-state index in [4.69, 9.17) is 5.73 Å². The summed E-state index contributed by atoms with van der Waals surface area (Å²) >= 11 is 0. The number of carbonyl (C=O) groups is 1. The Morgan fingerprint density at radius 2 is 1.94 bits per heavy atom. The first kappa shape index (κ1) is 12.5. The van der Waals surface area contributed by atoms with Gasteiger partial charge in [-0.1, -0.05) is 0 Å². The fraction of sp³-hybridized carbons (Fsp3) is 0.455. The van der Waals surface area contributed by atoms with Gasteiger partial charge in [-0.05, 0) is 0 Å². The average Bonchev–Trinajstić information content (AvgIpc) is 2.36. The van der Waals surface area contributed by atoms with E-state index >= 15 is 0 Å². The van der Waals surface area contributed by atoms with Crippen molar-refractivity contribution in [1.29, 1.82) is 0 Å². The number of nitrogen functional groups attached to an aromatic ring is 1. The Kier molecular flexibility index (Phi) is 3.31. The molecule has 1 aliphatic rings. The summed E-state index contributed by atoms with van der Waals surface area (Å²) in [5.41, 5.74) is 4.76. The minimum Gasteiger partial charge on any atom is -0.394 e. The van der Waals surface area contributed by atoms with E-state index in [-0.39, 0.29) is 11.7 Å². The summed E-state index contributed by atoms with van der Waals surface area (Å²) in [5, 5.41) is 0. The number of nitrogens with two attached hydrogens (primary N) is 1. The number of piperazine rings is 1. The van der Waals surface area contributed by atoms with Crippen molar-refractivity contribution in [3.05, 3.63) is 17.8 Å². The predicted molar refractivity (Wildman–Crippen MR) is 63.0 cm³/mol. The second kappa shape index (κ2) is 4.75. The quantitative estimate of drug-likeness (QED) is 0.799. The third kappa shape index (κ3) is 2.20. The number of anilines is 2. The Morgan fingerprint density at radius 1 is 1.33 bits per heavy atom. The molecule has 1 fully saturated rings. The first-order valence-electron chi connectivity index (χ1n) is 5.60. The first-order chi connectivity index (χ1) is 8.50. The smallest absolute Gasteiger partial charge is 0.219 e. The normalized spacial score (nSPS) is 15.9. The van der Waals surface area contributed by atoms with Gasteiger partial charge < -0.3 is 15.5 Å². The van der Waals surface area contributed by atoms with Gasteiger partial charge in [-0.25, -0.2) is 13.8 Å². The van der Waals surface area contributed by atoms with Gasteiger partial charge in [0.05, 0.1) is 6.20 Å². The highest BCUT2D eigenvalue weighted by Crippen LogP contribution is 2.24. The Morgan fingerprint density at radius 3 is 2.50 bits per heavy atom. The third-order valence-electron chi connectivity index (χ3n) is 3.01. The molecule has 0 spiro atoms. The molecule has 1 aromatic heterocycles. The van der Waals surface area contributed by atoms with Gasteiger partial charge >= 0.3 is 0 Å². The SMILES string of the molecule is CC(=O)N1CCN(c2ncc(F)c(N)c2F)CC1. The number of carbonyl (C=O) groups excluding carboxylic acids is 1. The van der Waals surface area contributed by atoms with Crippen molar-refractivity contribution in [3.63, 3.8) is 0 Å². The summed E-state index contributed by atoms with van der Waals surface area (Å²) in [4.78, 5) is 18.2. The molecule has 0 unspecified atom stereocenters. The highest BCUT2D eigenvalue weighted by molar-refractivity contribution is 5.73. The Hall–Kier alpha value is -1.92. The molecule has 7 heteroatoms. The van der Waals surface area contributed by atoms with Crippen molar-refractivity contribution in [3.8, 4) is 0 Å². The number of rotatable bonds is 1. The van der Waals surface area contributed by atoms with Crippen LogP contribution in [0.4, 0.5) is 20.3 Å². The molecule has 0 saturated carbocycles. The number of hydrogen-bond donors (Lipinski definition) is 1. The maximum absolute atomic E-state index is 13.8. The van der Waals surface area contributed by atoms with Crippen molar-refractivity contribution < 1.29 is 13.6 Å². The van der Waals surface area contributed by atoms with Crippen LogP contribution in [0.25, 0.3) is 0 Å². The third-order valence-corrected chi connectivity index (χ3v) is 3.01. The lowest BCUT2D eigenvalue weighted by atomic mass is 10.3. The largest absolute Gasteiger partial charge is 0.394 e. The fourth-order valence-corrected chi connectivity index (χ4v) is 1.92. The van der Waals surface area contributed by atoms with Gasteiger partial charge in [0.25, 0.3) is 0 Å². The van der Waals surface area contributed by atoms with Crippen LogP contribution in [0.15, 0.2) is 6.20 Å². The van der Waals surface area contributed by atoms with Crippen LogP contribution in [-0.2, 0) is 4.79 Å². The van der Waals surface area contributed by atoms with Crippen LogP contribution >= 0.6 is 0 Å². The maximum Gasteiger partial charge on any atom is 0.219 e. The zero-order chi connectivity index (χ0) is 13.3. The molecule has 2 rings (SSSR count). The minimum absolute atomic E-state index is 0.0123. The van der Waals surface area contributed by atoms with Gasteiger partial charge in [-0.3, -0.25) is 4.79 Å². The second-order valence-electron chi connectivity index (χ2n) is 4.15. The van der Waals surface area contributed by atoms with Gasteiger partial charge in [-0.2, -0.15) is 0 Å². The summed E-state index contributed by atoms with van der Waals surface area (Å²) in [6.45, 7) is 3.38. The number of amides is 1. The van der Waals surface area contributed by atoms with Crippen molar-refractivity contribution in [2.24, 2.45) is 0 Å². The van der Waals surface area contributed by atoms with Gasteiger partial charge in [0.15, 0.2) is 17.5 Å². The van der Waals surface area contributed by atoms with E-state index in [1.807, 2.05) is 0 Å². The van der Waals surface area contributed by atoms with Crippen LogP contribution in [0.5, 0.6) is 0 Å². The van der Waals surface area contributed by atoms with E-state index in [0.29, 0.717) is 26.2 Å². The molecule has 2 N–H and O–H groups in total. The molecule has 98 valence electrons. The summed E-state index contributed by atoms with van der Waals surface area (Å²) in [6, 6.07) is 0. The topological polar surface area (TPSA) is 62.5 Å². The predicted octanol–water partition coefficient (Wildman–Crippen LogP) is 0.610. The molecule has 1 aliphatic heterocycles. The number of hydrogen-bond acceptors (Lipinski definition) is 4. The van der Waals surface area contributed by atoms with Crippen LogP contribution in [0, 0.1) is 11.6 Å². The van der Waals surface area contributed by atoms with Gasteiger partial charge in [0, 0.05) is 33.1 Å². The Balaban J connectivity index is 2.15. The summed E-state index contributed by atoms with van der Waals surface area (Å²) in [7, 11) is 0. The van der Waals surface area contributed by atoms with E-state index in [9.17, 15) is 13.6 Å². The van der Waals surface area contributed by atoms with Gasteiger partial charge in [0.1, 0.15) is 5.69 Å². The fourth-order valence-electron chi connectivity index (χ4n) is 1.92. The van der Waals surface area contributed by atoms with Gasteiger partial charge in [-0.15, -0.1) is 0 Å². The Labute approximate surface area is 103 Å². The number of aromatic nitrogens is 1.